The Kier molecular flexibility index (Phi) is 8.44. The number of amides is 2. The van der Waals surface area contributed by atoms with Gasteiger partial charge in [0, 0.05) is 19.8 Å². The summed E-state index contributed by atoms with van der Waals surface area (Å²) in [6.45, 7) is 0.253. The number of rotatable bonds is 9. The second-order valence-corrected chi connectivity index (χ2v) is 9.08. The number of aryl methyl sites for hydroxylation is 1. The highest BCUT2D eigenvalue weighted by molar-refractivity contribution is 7.89. The van der Waals surface area contributed by atoms with E-state index < -0.39 is 46.8 Å². The summed E-state index contributed by atoms with van der Waals surface area (Å²) in [7, 11) is -1.33. The minimum atomic E-state index is -3.89. The van der Waals surface area contributed by atoms with Gasteiger partial charge in [0.1, 0.15) is 12.4 Å². The minimum Gasteiger partial charge on any atom is -0.455 e. The fourth-order valence-corrected chi connectivity index (χ4v) is 3.61. The van der Waals surface area contributed by atoms with Crippen molar-refractivity contribution in [1.82, 2.24) is 9.21 Å². The molecule has 172 valence electrons. The van der Waals surface area contributed by atoms with Crippen molar-refractivity contribution in [3.63, 3.8) is 0 Å². The Hall–Kier alpha value is -3.31. The Morgan fingerprint density at radius 2 is 1.56 bits per heavy atom. The van der Waals surface area contributed by atoms with Crippen LogP contribution in [0.15, 0.2) is 53.4 Å². The molecule has 1 N–H and O–H groups in total. The first-order chi connectivity index (χ1) is 15.0. The lowest BCUT2D eigenvalue weighted by atomic mass is 10.2. The molecule has 2 amide bonds. The number of halogens is 1. The molecule has 0 bridgehead atoms. The van der Waals surface area contributed by atoms with Crippen molar-refractivity contribution in [2.45, 2.75) is 11.8 Å². The maximum Gasteiger partial charge on any atom is 0.321 e. The number of benzene rings is 2. The topological polar surface area (TPSA) is 113 Å². The lowest BCUT2D eigenvalue weighted by Crippen LogP contribution is -2.38. The summed E-state index contributed by atoms with van der Waals surface area (Å²) >= 11 is 0. The molecule has 2 rings (SSSR count). The molecule has 0 saturated heterocycles. The molecule has 0 aliphatic rings. The Labute approximate surface area is 185 Å². The Balaban J connectivity index is 1.80. The van der Waals surface area contributed by atoms with Crippen LogP contribution in [-0.2, 0) is 29.1 Å². The number of sulfonamides is 1. The molecule has 0 aromatic heterocycles. The van der Waals surface area contributed by atoms with E-state index >= 15 is 0 Å². The van der Waals surface area contributed by atoms with E-state index in [9.17, 15) is 27.2 Å². The highest BCUT2D eigenvalue weighted by atomic mass is 32.2. The SMILES string of the molecule is Cc1ccc(S(=O)(=O)N(C)CC(=O)OCC(=O)N(C)CC(=O)Nc2ccc(F)cc2)cc1. The standard InChI is InChI=1S/C21H24FN3O6S/c1-15-4-10-18(11-5-15)32(29,30)25(3)13-21(28)31-14-20(27)24(2)12-19(26)23-17-8-6-16(22)7-9-17/h4-11H,12-14H2,1-3H3,(H,23,26). The van der Waals surface area contributed by atoms with E-state index in [2.05, 4.69) is 5.32 Å². The van der Waals surface area contributed by atoms with Crippen molar-refractivity contribution in [1.29, 1.82) is 0 Å². The average Bonchev–Trinajstić information content (AvgIpc) is 2.73. The number of ether oxygens (including phenoxy) is 1. The first kappa shape index (κ1) is 25.0. The van der Waals surface area contributed by atoms with Crippen LogP contribution in [0.2, 0.25) is 0 Å². The first-order valence-electron chi connectivity index (χ1n) is 9.47. The van der Waals surface area contributed by atoms with Crippen molar-refractivity contribution < 1.29 is 31.9 Å². The highest BCUT2D eigenvalue weighted by Crippen LogP contribution is 2.15. The van der Waals surface area contributed by atoms with Crippen LogP contribution < -0.4 is 5.32 Å². The molecule has 0 fully saturated rings. The van der Waals surface area contributed by atoms with Gasteiger partial charge in [0.15, 0.2) is 6.61 Å². The van der Waals surface area contributed by atoms with Crippen LogP contribution in [0.3, 0.4) is 0 Å². The number of hydrogen-bond donors (Lipinski definition) is 1. The van der Waals surface area contributed by atoms with Crippen LogP contribution in [0.4, 0.5) is 10.1 Å². The molecule has 2 aromatic carbocycles. The Morgan fingerprint density at radius 3 is 2.16 bits per heavy atom. The second-order valence-electron chi connectivity index (χ2n) is 7.04. The van der Waals surface area contributed by atoms with Gasteiger partial charge < -0.3 is 15.0 Å². The van der Waals surface area contributed by atoms with Gasteiger partial charge in [0.2, 0.25) is 15.9 Å². The van der Waals surface area contributed by atoms with Crippen LogP contribution in [0, 0.1) is 12.7 Å². The summed E-state index contributed by atoms with van der Waals surface area (Å²) in [5.74, 6) is -2.55. The molecule has 11 heteroatoms. The normalized spacial score (nSPS) is 11.2. The second kappa shape index (κ2) is 10.8. The largest absolute Gasteiger partial charge is 0.455 e. The first-order valence-corrected chi connectivity index (χ1v) is 10.9. The molecule has 0 spiro atoms. The monoisotopic (exact) mass is 465 g/mol. The number of hydrogen-bond acceptors (Lipinski definition) is 6. The Morgan fingerprint density at radius 1 is 0.969 bits per heavy atom. The molecule has 0 atom stereocenters. The van der Waals surface area contributed by atoms with E-state index in [1.165, 1.54) is 50.5 Å². The lowest BCUT2D eigenvalue weighted by Gasteiger charge is -2.18. The van der Waals surface area contributed by atoms with Gasteiger partial charge in [-0.25, -0.2) is 12.8 Å². The van der Waals surface area contributed by atoms with E-state index in [1.54, 1.807) is 12.1 Å². The molecule has 2 aromatic rings. The van der Waals surface area contributed by atoms with E-state index in [0.29, 0.717) is 5.69 Å². The van der Waals surface area contributed by atoms with Gasteiger partial charge in [-0.2, -0.15) is 4.31 Å². The summed E-state index contributed by atoms with van der Waals surface area (Å²) in [4.78, 5) is 37.1. The van der Waals surface area contributed by atoms with Crippen molar-refractivity contribution in [3.05, 3.63) is 59.9 Å². The number of esters is 1. The summed E-state index contributed by atoms with van der Waals surface area (Å²) < 4.78 is 43.6. The molecule has 0 heterocycles. The third-order valence-corrected chi connectivity index (χ3v) is 6.19. The maximum absolute atomic E-state index is 12.9. The van der Waals surface area contributed by atoms with Crippen LogP contribution in [-0.4, -0.2) is 69.2 Å². The summed E-state index contributed by atoms with van der Waals surface area (Å²) in [5.41, 5.74) is 1.25. The van der Waals surface area contributed by atoms with Crippen molar-refractivity contribution in [2.24, 2.45) is 0 Å². The van der Waals surface area contributed by atoms with Crippen LogP contribution in [0.5, 0.6) is 0 Å². The summed E-state index contributed by atoms with van der Waals surface area (Å²) in [5, 5.41) is 2.50. The molecule has 0 radical (unpaired) electrons. The fourth-order valence-electron chi connectivity index (χ4n) is 2.49. The third-order valence-electron chi connectivity index (χ3n) is 4.37. The summed E-state index contributed by atoms with van der Waals surface area (Å²) in [6.07, 6.45) is 0. The number of carbonyl (C=O) groups is 3. The van der Waals surface area contributed by atoms with E-state index in [0.717, 1.165) is 14.8 Å². The van der Waals surface area contributed by atoms with Gasteiger partial charge in [0.25, 0.3) is 5.91 Å². The summed E-state index contributed by atoms with van der Waals surface area (Å²) in [6, 6.07) is 11.2. The van der Waals surface area contributed by atoms with Gasteiger partial charge in [-0.3, -0.25) is 14.4 Å². The quantitative estimate of drug-likeness (QED) is 0.560. The highest BCUT2D eigenvalue weighted by Gasteiger charge is 2.24. The zero-order valence-corrected chi connectivity index (χ0v) is 18.7. The Bertz CT molecular complexity index is 1070. The zero-order valence-electron chi connectivity index (χ0n) is 17.9. The molecular weight excluding hydrogens is 441 g/mol. The number of nitrogens with one attached hydrogen (secondary N) is 1. The fraction of sp³-hybridized carbons (Fsp3) is 0.286. The molecule has 0 aliphatic carbocycles. The van der Waals surface area contributed by atoms with Crippen LogP contribution >= 0.6 is 0 Å². The maximum atomic E-state index is 12.9. The minimum absolute atomic E-state index is 0.0291. The number of carbonyl (C=O) groups excluding carboxylic acids is 3. The van der Waals surface area contributed by atoms with Gasteiger partial charge >= 0.3 is 5.97 Å². The predicted octanol–water partition coefficient (Wildman–Crippen LogP) is 1.39. The molecule has 0 unspecified atom stereocenters. The number of likely N-dealkylation sites (N-methyl/N-ethyl adjacent to an activating group) is 2. The van der Waals surface area contributed by atoms with Gasteiger partial charge in [0.05, 0.1) is 11.4 Å². The molecule has 32 heavy (non-hydrogen) atoms. The van der Waals surface area contributed by atoms with Crippen molar-refractivity contribution >= 4 is 33.5 Å². The van der Waals surface area contributed by atoms with Crippen LogP contribution in [0.25, 0.3) is 0 Å². The molecular formula is C21H24FN3O6S. The smallest absolute Gasteiger partial charge is 0.321 e. The van der Waals surface area contributed by atoms with Gasteiger partial charge in [-0.15, -0.1) is 0 Å². The molecule has 9 nitrogen and oxygen atoms in total. The van der Waals surface area contributed by atoms with Crippen molar-refractivity contribution in [3.8, 4) is 0 Å². The van der Waals surface area contributed by atoms with Crippen LogP contribution in [0.1, 0.15) is 5.56 Å². The average molecular weight is 466 g/mol. The number of anilines is 1. The van der Waals surface area contributed by atoms with Crippen molar-refractivity contribution in [2.75, 3.05) is 39.1 Å². The van der Waals surface area contributed by atoms with Gasteiger partial charge in [-0.05, 0) is 43.3 Å². The number of nitrogens with zero attached hydrogens (tertiary/aromatic N) is 2. The van der Waals surface area contributed by atoms with E-state index in [1.807, 2.05) is 6.92 Å². The zero-order chi connectivity index (χ0) is 23.9. The predicted molar refractivity (Wildman–Crippen MR) is 115 cm³/mol. The van der Waals surface area contributed by atoms with E-state index in [4.69, 9.17) is 4.74 Å². The lowest BCUT2D eigenvalue weighted by molar-refractivity contribution is -0.151. The third kappa shape index (κ3) is 7.13. The van der Waals surface area contributed by atoms with E-state index in [-0.39, 0.29) is 11.4 Å². The molecule has 0 aliphatic heterocycles. The molecule has 0 saturated carbocycles. The van der Waals surface area contributed by atoms with Gasteiger partial charge in [-0.1, -0.05) is 17.7 Å².